The summed E-state index contributed by atoms with van der Waals surface area (Å²) in [5, 5.41) is 15.6. The van der Waals surface area contributed by atoms with Gasteiger partial charge in [-0.1, -0.05) is 17.7 Å². The number of carboxylic acids is 1. The number of thiazole rings is 1. The lowest BCUT2D eigenvalue weighted by atomic mass is 9.91. The Labute approximate surface area is 228 Å². The summed E-state index contributed by atoms with van der Waals surface area (Å²) in [6.45, 7) is -3.28. The van der Waals surface area contributed by atoms with E-state index in [-0.39, 0.29) is 43.4 Å². The largest absolute Gasteiger partial charge is 0.481 e. The topological polar surface area (TPSA) is 113 Å². The van der Waals surface area contributed by atoms with Crippen LogP contribution in [0.4, 0.5) is 18.0 Å². The van der Waals surface area contributed by atoms with Gasteiger partial charge in [0.15, 0.2) is 10.8 Å². The SMILES string of the molecule is O=C(O)CCN1CN2C(c3nccs3)=N[C@@H](c3ccc(F)cc3Cl)C(c3ccn(C(F)F)n3)=C2CCOC1=O. The predicted molar refractivity (Wildman–Crippen MR) is 135 cm³/mol. The van der Waals surface area contributed by atoms with E-state index in [2.05, 4.69) is 10.1 Å². The molecule has 0 radical (unpaired) electrons. The Morgan fingerprint density at radius 3 is 2.79 bits per heavy atom. The quantitative estimate of drug-likeness (QED) is 0.418. The normalized spacial score (nSPS) is 18.0. The summed E-state index contributed by atoms with van der Waals surface area (Å²) < 4.78 is 46.8. The van der Waals surface area contributed by atoms with Gasteiger partial charge in [0.25, 0.3) is 0 Å². The molecule has 2 aliphatic heterocycles. The molecule has 1 amide bonds. The number of halogens is 4. The van der Waals surface area contributed by atoms with Gasteiger partial charge < -0.3 is 14.7 Å². The summed E-state index contributed by atoms with van der Waals surface area (Å²) in [4.78, 5) is 36.1. The third-order valence-corrected chi connectivity index (χ3v) is 7.21. The van der Waals surface area contributed by atoms with Crippen LogP contribution in [0.3, 0.4) is 0 Å². The maximum Gasteiger partial charge on any atom is 0.411 e. The van der Waals surface area contributed by atoms with Crippen LogP contribution in [-0.4, -0.2) is 67.4 Å². The minimum Gasteiger partial charge on any atom is -0.481 e. The monoisotopic (exact) mass is 580 g/mol. The Hall–Kier alpha value is -3.91. The predicted octanol–water partition coefficient (Wildman–Crippen LogP) is 5.02. The molecule has 3 aromatic rings. The zero-order valence-corrected chi connectivity index (χ0v) is 21.6. The van der Waals surface area contributed by atoms with Crippen molar-refractivity contribution in [3.63, 3.8) is 0 Å². The Morgan fingerprint density at radius 1 is 1.31 bits per heavy atom. The van der Waals surface area contributed by atoms with E-state index in [4.69, 9.17) is 21.3 Å². The van der Waals surface area contributed by atoms with Crippen molar-refractivity contribution in [2.45, 2.75) is 25.4 Å². The molecule has 1 aromatic carbocycles. The summed E-state index contributed by atoms with van der Waals surface area (Å²) in [7, 11) is 0. The molecule has 0 spiro atoms. The van der Waals surface area contributed by atoms with Crippen molar-refractivity contribution in [1.82, 2.24) is 24.6 Å². The molecule has 1 N–H and O–H groups in total. The number of carbonyl (C=O) groups excluding carboxylic acids is 1. The van der Waals surface area contributed by atoms with E-state index in [1.165, 1.54) is 34.4 Å². The molecule has 0 aliphatic carbocycles. The van der Waals surface area contributed by atoms with Crippen molar-refractivity contribution in [3.05, 3.63) is 74.8 Å². The third kappa shape index (κ3) is 5.47. The molecule has 39 heavy (non-hydrogen) atoms. The second kappa shape index (κ2) is 11.1. The first kappa shape index (κ1) is 26.7. The molecule has 15 heteroatoms. The number of carboxylic acid groups (broad SMARTS) is 1. The number of ether oxygens (including phenoxy) is 1. The minimum absolute atomic E-state index is 0.0717. The fourth-order valence-electron chi connectivity index (χ4n) is 4.39. The van der Waals surface area contributed by atoms with E-state index >= 15 is 0 Å². The van der Waals surface area contributed by atoms with Crippen LogP contribution in [0, 0.1) is 5.82 Å². The van der Waals surface area contributed by atoms with Crippen LogP contribution in [0.5, 0.6) is 0 Å². The van der Waals surface area contributed by atoms with Gasteiger partial charge in [0, 0.05) is 52.6 Å². The number of benzene rings is 1. The van der Waals surface area contributed by atoms with Crippen LogP contribution in [0.25, 0.3) is 5.57 Å². The maximum absolute atomic E-state index is 14.0. The van der Waals surface area contributed by atoms with Crippen molar-refractivity contribution in [3.8, 4) is 0 Å². The number of alkyl halides is 2. The Bertz CT molecular complexity index is 1460. The van der Waals surface area contributed by atoms with E-state index in [1.54, 1.807) is 16.5 Å². The van der Waals surface area contributed by atoms with Gasteiger partial charge in [-0.15, -0.1) is 11.3 Å². The number of fused-ring (bicyclic) bond motifs is 1. The lowest BCUT2D eigenvalue weighted by Crippen LogP contribution is -2.48. The molecular weight excluding hydrogens is 561 g/mol. The number of aromatic nitrogens is 3. The van der Waals surface area contributed by atoms with Gasteiger partial charge in [-0.2, -0.15) is 13.9 Å². The van der Waals surface area contributed by atoms with Gasteiger partial charge in [-0.05, 0) is 18.2 Å². The van der Waals surface area contributed by atoms with Crippen LogP contribution in [0.15, 0.2) is 52.7 Å². The number of hydrogen-bond acceptors (Lipinski definition) is 8. The van der Waals surface area contributed by atoms with Crippen molar-refractivity contribution < 1.29 is 32.6 Å². The van der Waals surface area contributed by atoms with E-state index in [0.29, 0.717) is 32.4 Å². The minimum atomic E-state index is -2.89. The molecule has 204 valence electrons. The molecule has 10 nitrogen and oxygen atoms in total. The average molecular weight is 581 g/mol. The second-order valence-electron chi connectivity index (χ2n) is 8.52. The molecule has 1 atom stereocenters. The number of amidine groups is 1. The first-order valence-corrected chi connectivity index (χ1v) is 12.9. The van der Waals surface area contributed by atoms with Crippen LogP contribution in [-0.2, 0) is 9.53 Å². The molecule has 0 saturated carbocycles. The summed E-state index contributed by atoms with van der Waals surface area (Å²) in [5.41, 5.74) is 1.52. The lowest BCUT2D eigenvalue weighted by molar-refractivity contribution is -0.137. The number of aliphatic imine (C=N–C) groups is 1. The number of amides is 1. The summed E-state index contributed by atoms with van der Waals surface area (Å²) in [5.74, 6) is -1.32. The molecule has 0 unspecified atom stereocenters. The Morgan fingerprint density at radius 2 is 2.13 bits per heavy atom. The van der Waals surface area contributed by atoms with Crippen molar-refractivity contribution >= 4 is 46.4 Å². The number of cyclic esters (lactones) is 1. The summed E-state index contributed by atoms with van der Waals surface area (Å²) in [6, 6.07) is 4.34. The third-order valence-electron chi connectivity index (χ3n) is 6.11. The Kier molecular flexibility index (Phi) is 7.57. The zero-order chi connectivity index (χ0) is 27.7. The molecule has 1 fully saturated rings. The number of nitrogens with zero attached hydrogens (tertiary/aromatic N) is 6. The van der Waals surface area contributed by atoms with Gasteiger partial charge in [0.2, 0.25) is 0 Å². The number of aliphatic carboxylic acids is 1. The highest BCUT2D eigenvalue weighted by Gasteiger charge is 2.38. The molecular formula is C24H20ClF3N6O4S. The Balaban J connectivity index is 1.72. The van der Waals surface area contributed by atoms with Crippen molar-refractivity contribution in [2.75, 3.05) is 19.8 Å². The summed E-state index contributed by atoms with van der Waals surface area (Å²) >= 11 is 7.73. The van der Waals surface area contributed by atoms with Gasteiger partial charge >= 0.3 is 18.6 Å². The number of rotatable bonds is 7. The fourth-order valence-corrected chi connectivity index (χ4v) is 5.30. The first-order valence-electron chi connectivity index (χ1n) is 11.6. The number of hydrogen-bond donors (Lipinski definition) is 1. The van der Waals surface area contributed by atoms with Crippen molar-refractivity contribution in [1.29, 1.82) is 0 Å². The smallest absolute Gasteiger partial charge is 0.411 e. The van der Waals surface area contributed by atoms with E-state index in [0.717, 1.165) is 12.3 Å². The van der Waals surface area contributed by atoms with Crippen LogP contribution in [0.1, 0.15) is 41.7 Å². The standard InChI is InChI=1S/C24H20ClF3N6O4S/c25-15-11-13(26)1-2-14(15)20-19(16-3-8-34(31-16)23(27)28)17-5-9-38-24(37)32(7-4-18(35)36)12-33(17)21(30-20)22-29-6-10-39-22/h1-3,6,8,10-11,20,23H,4-5,7,9,12H2,(H,35,36)/t20-/m0/s1. The van der Waals surface area contributed by atoms with E-state index < -0.39 is 30.5 Å². The lowest BCUT2D eigenvalue weighted by Gasteiger charge is -2.40. The maximum atomic E-state index is 14.0. The molecule has 4 heterocycles. The van der Waals surface area contributed by atoms with Crippen LogP contribution in [0.2, 0.25) is 5.02 Å². The van der Waals surface area contributed by atoms with Gasteiger partial charge in [0.1, 0.15) is 18.5 Å². The second-order valence-corrected chi connectivity index (χ2v) is 9.82. The molecule has 1 saturated heterocycles. The highest BCUT2D eigenvalue weighted by atomic mass is 35.5. The zero-order valence-electron chi connectivity index (χ0n) is 20.0. The highest BCUT2D eigenvalue weighted by Crippen LogP contribution is 2.44. The average Bonchev–Trinajstić information content (AvgIpc) is 3.58. The molecule has 0 bridgehead atoms. The fraction of sp³-hybridized carbons (Fsp3) is 0.292. The molecule has 2 aliphatic rings. The van der Waals surface area contributed by atoms with Gasteiger partial charge in [-0.3, -0.25) is 14.7 Å². The van der Waals surface area contributed by atoms with Crippen LogP contribution < -0.4 is 0 Å². The van der Waals surface area contributed by atoms with E-state index in [9.17, 15) is 27.9 Å². The molecule has 2 aromatic heterocycles. The van der Waals surface area contributed by atoms with Gasteiger partial charge in [-0.25, -0.2) is 18.9 Å². The van der Waals surface area contributed by atoms with Gasteiger partial charge in [0.05, 0.1) is 18.7 Å². The van der Waals surface area contributed by atoms with Crippen LogP contribution >= 0.6 is 22.9 Å². The first-order chi connectivity index (χ1) is 18.7. The number of carbonyl (C=O) groups is 2. The van der Waals surface area contributed by atoms with Crippen molar-refractivity contribution in [2.24, 2.45) is 4.99 Å². The van der Waals surface area contributed by atoms with E-state index in [1.807, 2.05) is 0 Å². The highest BCUT2D eigenvalue weighted by molar-refractivity contribution is 7.11. The molecule has 5 rings (SSSR count). The summed E-state index contributed by atoms with van der Waals surface area (Å²) in [6.07, 6.45) is 1.82.